The van der Waals surface area contributed by atoms with Gasteiger partial charge in [-0.2, -0.15) is 5.10 Å². The lowest BCUT2D eigenvalue weighted by molar-refractivity contribution is -0.132. The third-order valence-corrected chi connectivity index (χ3v) is 5.99. The summed E-state index contributed by atoms with van der Waals surface area (Å²) >= 11 is 0. The van der Waals surface area contributed by atoms with Crippen LogP contribution >= 0.6 is 0 Å². The fourth-order valence-corrected chi connectivity index (χ4v) is 3.96. The van der Waals surface area contributed by atoms with E-state index in [9.17, 15) is 4.79 Å². The summed E-state index contributed by atoms with van der Waals surface area (Å²) in [6.07, 6.45) is 3.45. The Morgan fingerprint density at radius 3 is 2.39 bits per heavy atom. The number of benzene rings is 1. The van der Waals surface area contributed by atoms with Crippen molar-refractivity contribution >= 4 is 22.8 Å². The molecule has 1 aliphatic rings. The molecule has 0 unspecified atom stereocenters. The van der Waals surface area contributed by atoms with Gasteiger partial charge in [-0.3, -0.25) is 4.79 Å². The zero-order chi connectivity index (χ0) is 22.0. The molecule has 7 nitrogen and oxygen atoms in total. The highest BCUT2D eigenvalue weighted by Gasteiger charge is 2.26. The number of rotatable bonds is 6. The SMILES string of the molecule is CC[C@@H](C)c1nc(N2CCN(C(=O)CC(C)C)CC2)c2cnn(-c3ccccc3)c2n1. The van der Waals surface area contributed by atoms with Gasteiger partial charge in [0.05, 0.1) is 17.3 Å². The standard InChI is InChI=1S/C24H32N6O/c1-5-18(4)22-26-23(29-13-11-28(12-14-29)21(31)15-17(2)3)20-16-25-30(24(20)27-22)19-9-7-6-8-10-19/h6-10,16-18H,5,11-15H2,1-4H3/t18-/m1/s1. The lowest BCUT2D eigenvalue weighted by atomic mass is 10.1. The molecule has 0 saturated carbocycles. The molecule has 7 heteroatoms. The second-order valence-electron chi connectivity index (χ2n) is 8.81. The van der Waals surface area contributed by atoms with Gasteiger partial charge in [0.2, 0.25) is 5.91 Å². The summed E-state index contributed by atoms with van der Waals surface area (Å²) in [6, 6.07) is 10.1. The van der Waals surface area contributed by atoms with Crippen LogP contribution in [-0.2, 0) is 4.79 Å². The Morgan fingerprint density at radius 2 is 1.74 bits per heavy atom. The smallest absolute Gasteiger partial charge is 0.222 e. The molecule has 1 saturated heterocycles. The molecule has 0 N–H and O–H groups in total. The maximum absolute atomic E-state index is 12.5. The van der Waals surface area contributed by atoms with Gasteiger partial charge >= 0.3 is 0 Å². The molecule has 2 aromatic heterocycles. The Bertz CT molecular complexity index is 1040. The van der Waals surface area contributed by atoms with E-state index in [4.69, 9.17) is 9.97 Å². The molecule has 1 amide bonds. The van der Waals surface area contributed by atoms with Gasteiger partial charge in [-0.1, -0.05) is 45.9 Å². The second-order valence-corrected chi connectivity index (χ2v) is 8.81. The quantitative estimate of drug-likeness (QED) is 0.602. The highest BCUT2D eigenvalue weighted by Crippen LogP contribution is 2.29. The van der Waals surface area contributed by atoms with Crippen LogP contribution in [0.15, 0.2) is 36.5 Å². The fraction of sp³-hybridized carbons (Fsp3) is 0.500. The number of hydrogen-bond donors (Lipinski definition) is 0. The maximum atomic E-state index is 12.5. The van der Waals surface area contributed by atoms with Crippen molar-refractivity contribution in [1.82, 2.24) is 24.6 Å². The van der Waals surface area contributed by atoms with Crippen LogP contribution in [-0.4, -0.2) is 56.7 Å². The molecule has 0 spiro atoms. The Morgan fingerprint density at radius 1 is 1.03 bits per heavy atom. The zero-order valence-corrected chi connectivity index (χ0v) is 19.0. The van der Waals surface area contributed by atoms with E-state index < -0.39 is 0 Å². The molecule has 164 valence electrons. The normalized spacial score (nSPS) is 15.6. The number of carbonyl (C=O) groups excluding carboxylic acids is 1. The molecule has 1 aliphatic heterocycles. The van der Waals surface area contributed by atoms with Gasteiger partial charge in [0.1, 0.15) is 11.6 Å². The Kier molecular flexibility index (Phi) is 6.20. The first-order chi connectivity index (χ1) is 15.0. The first-order valence-corrected chi connectivity index (χ1v) is 11.3. The van der Waals surface area contributed by atoms with Crippen molar-refractivity contribution in [3.05, 3.63) is 42.4 Å². The number of piperazine rings is 1. The van der Waals surface area contributed by atoms with Gasteiger partial charge in [-0.25, -0.2) is 14.6 Å². The van der Waals surface area contributed by atoms with Crippen LogP contribution in [0.3, 0.4) is 0 Å². The van der Waals surface area contributed by atoms with Crippen molar-refractivity contribution in [3.63, 3.8) is 0 Å². The molecular formula is C24H32N6O. The van der Waals surface area contributed by atoms with E-state index in [0.29, 0.717) is 12.3 Å². The van der Waals surface area contributed by atoms with Crippen molar-refractivity contribution < 1.29 is 4.79 Å². The number of amides is 1. The maximum Gasteiger partial charge on any atom is 0.222 e. The molecule has 31 heavy (non-hydrogen) atoms. The number of fused-ring (bicyclic) bond motifs is 1. The van der Waals surface area contributed by atoms with E-state index in [2.05, 4.69) is 37.7 Å². The molecule has 1 atom stereocenters. The number of nitrogens with zero attached hydrogens (tertiary/aromatic N) is 6. The van der Waals surface area contributed by atoms with Crippen LogP contribution in [0.25, 0.3) is 16.7 Å². The minimum Gasteiger partial charge on any atom is -0.352 e. The average Bonchev–Trinajstić information content (AvgIpc) is 3.22. The molecule has 1 aromatic carbocycles. The van der Waals surface area contributed by atoms with Gasteiger partial charge in [-0.15, -0.1) is 0 Å². The molecular weight excluding hydrogens is 388 g/mol. The summed E-state index contributed by atoms with van der Waals surface area (Å²) in [7, 11) is 0. The van der Waals surface area contributed by atoms with Gasteiger partial charge < -0.3 is 9.80 Å². The van der Waals surface area contributed by atoms with Crippen molar-refractivity contribution in [2.45, 2.75) is 46.5 Å². The summed E-state index contributed by atoms with van der Waals surface area (Å²) in [5.74, 6) is 2.67. The number of aromatic nitrogens is 4. The highest BCUT2D eigenvalue weighted by atomic mass is 16.2. The predicted molar refractivity (Wildman–Crippen MR) is 124 cm³/mol. The Balaban J connectivity index is 1.68. The summed E-state index contributed by atoms with van der Waals surface area (Å²) in [4.78, 5) is 26.6. The van der Waals surface area contributed by atoms with E-state index in [1.807, 2.05) is 46.1 Å². The number of hydrogen-bond acceptors (Lipinski definition) is 5. The molecule has 1 fully saturated rings. The van der Waals surface area contributed by atoms with Crippen LogP contribution < -0.4 is 4.90 Å². The van der Waals surface area contributed by atoms with Crippen molar-refractivity contribution in [2.75, 3.05) is 31.1 Å². The van der Waals surface area contributed by atoms with Crippen LogP contribution in [0.5, 0.6) is 0 Å². The molecule has 0 bridgehead atoms. The lowest BCUT2D eigenvalue weighted by Crippen LogP contribution is -2.49. The van der Waals surface area contributed by atoms with E-state index in [1.54, 1.807) is 0 Å². The third-order valence-electron chi connectivity index (χ3n) is 5.99. The zero-order valence-electron chi connectivity index (χ0n) is 19.0. The minimum atomic E-state index is 0.250. The topological polar surface area (TPSA) is 67.2 Å². The number of para-hydroxylation sites is 1. The van der Waals surface area contributed by atoms with Gasteiger partial charge in [0, 0.05) is 38.5 Å². The molecule has 0 radical (unpaired) electrons. The molecule has 3 aromatic rings. The molecule has 4 rings (SSSR count). The van der Waals surface area contributed by atoms with Gasteiger partial charge in [-0.05, 0) is 24.5 Å². The van der Waals surface area contributed by atoms with E-state index in [0.717, 1.165) is 61.0 Å². The average molecular weight is 421 g/mol. The summed E-state index contributed by atoms with van der Waals surface area (Å²) < 4.78 is 1.90. The fourth-order valence-electron chi connectivity index (χ4n) is 3.96. The van der Waals surface area contributed by atoms with Gasteiger partial charge in [0.25, 0.3) is 0 Å². The predicted octanol–water partition coefficient (Wildman–Crippen LogP) is 4.02. The van der Waals surface area contributed by atoms with E-state index in [1.165, 1.54) is 0 Å². The summed E-state index contributed by atoms with van der Waals surface area (Å²) in [6.45, 7) is 11.5. The largest absolute Gasteiger partial charge is 0.352 e. The summed E-state index contributed by atoms with van der Waals surface area (Å²) in [5.41, 5.74) is 1.83. The molecule has 0 aliphatic carbocycles. The number of anilines is 1. The van der Waals surface area contributed by atoms with Crippen LogP contribution in [0.1, 0.15) is 52.3 Å². The van der Waals surface area contributed by atoms with E-state index in [-0.39, 0.29) is 11.8 Å². The lowest BCUT2D eigenvalue weighted by Gasteiger charge is -2.36. The third kappa shape index (κ3) is 4.40. The Labute approximate surface area is 184 Å². The van der Waals surface area contributed by atoms with Gasteiger partial charge in [0.15, 0.2) is 5.65 Å². The van der Waals surface area contributed by atoms with E-state index >= 15 is 0 Å². The Hall–Kier alpha value is -2.96. The number of carbonyl (C=O) groups is 1. The van der Waals surface area contributed by atoms with Crippen LogP contribution in [0.2, 0.25) is 0 Å². The van der Waals surface area contributed by atoms with Crippen LogP contribution in [0, 0.1) is 5.92 Å². The van der Waals surface area contributed by atoms with Crippen molar-refractivity contribution in [2.24, 2.45) is 5.92 Å². The first-order valence-electron chi connectivity index (χ1n) is 11.3. The first kappa shape index (κ1) is 21.3. The minimum absolute atomic E-state index is 0.250. The monoisotopic (exact) mass is 420 g/mol. The van der Waals surface area contributed by atoms with Crippen LogP contribution in [0.4, 0.5) is 5.82 Å². The van der Waals surface area contributed by atoms with Crippen molar-refractivity contribution in [1.29, 1.82) is 0 Å². The molecule has 3 heterocycles. The highest BCUT2D eigenvalue weighted by molar-refractivity contribution is 5.88. The van der Waals surface area contributed by atoms with Crippen molar-refractivity contribution in [3.8, 4) is 5.69 Å². The second kappa shape index (κ2) is 9.04. The summed E-state index contributed by atoms with van der Waals surface area (Å²) in [5, 5.41) is 5.60.